The van der Waals surface area contributed by atoms with Gasteiger partial charge >= 0.3 is 0 Å². The van der Waals surface area contributed by atoms with Gasteiger partial charge in [0.1, 0.15) is 12.4 Å². The molecule has 0 saturated heterocycles. The first-order valence-corrected chi connectivity index (χ1v) is 8.72. The zero-order chi connectivity index (χ0) is 17.6. The summed E-state index contributed by atoms with van der Waals surface area (Å²) in [6, 6.07) is 5.11. The van der Waals surface area contributed by atoms with Gasteiger partial charge in [-0.15, -0.1) is 24.0 Å². The van der Waals surface area contributed by atoms with Crippen molar-refractivity contribution in [3.63, 3.8) is 0 Å². The van der Waals surface area contributed by atoms with Crippen molar-refractivity contribution in [2.24, 2.45) is 4.99 Å². The molecule has 2 aromatic rings. The van der Waals surface area contributed by atoms with E-state index in [4.69, 9.17) is 0 Å². The fourth-order valence-corrected chi connectivity index (χ4v) is 2.67. The van der Waals surface area contributed by atoms with Crippen LogP contribution in [-0.2, 0) is 11.2 Å². The number of fused-ring (bicyclic) bond motifs is 1. The number of H-pyrrole nitrogens is 1. The Kier molecular flexibility index (Phi) is 7.67. The van der Waals surface area contributed by atoms with Crippen molar-refractivity contribution in [1.82, 2.24) is 20.9 Å². The molecule has 0 spiro atoms. The number of aliphatic imine (C=N–C) groups is 1. The summed E-state index contributed by atoms with van der Waals surface area (Å²) in [6.45, 7) is 3.50. The van der Waals surface area contributed by atoms with Gasteiger partial charge in [-0.3, -0.25) is 4.79 Å². The molecule has 0 atom stereocenters. The van der Waals surface area contributed by atoms with Gasteiger partial charge in [-0.1, -0.05) is 0 Å². The lowest BCUT2D eigenvalue weighted by Gasteiger charge is -2.11. The van der Waals surface area contributed by atoms with E-state index in [1.54, 1.807) is 6.07 Å². The topological polar surface area (TPSA) is 81.3 Å². The Labute approximate surface area is 169 Å². The van der Waals surface area contributed by atoms with E-state index >= 15 is 0 Å². The Balaban J connectivity index is 0.00000243. The van der Waals surface area contributed by atoms with Gasteiger partial charge in [0.05, 0.1) is 0 Å². The second-order valence-corrected chi connectivity index (χ2v) is 6.22. The first-order chi connectivity index (χ1) is 12.2. The molecule has 1 amide bonds. The van der Waals surface area contributed by atoms with Crippen molar-refractivity contribution in [3.8, 4) is 0 Å². The summed E-state index contributed by atoms with van der Waals surface area (Å²) in [4.78, 5) is 19.1. The van der Waals surface area contributed by atoms with Gasteiger partial charge in [-0.05, 0) is 49.9 Å². The largest absolute Gasteiger partial charge is 0.361 e. The molecule has 4 N–H and O–H groups in total. The molecule has 1 fully saturated rings. The molecule has 1 aromatic carbocycles. The average Bonchev–Trinajstić information content (AvgIpc) is 3.31. The SMILES string of the molecule is CCNC(=NCC(=O)NC1CC1)NCCc1c[nH]c2cc(F)ccc12.I. The van der Waals surface area contributed by atoms with Crippen LogP contribution in [0.3, 0.4) is 0 Å². The smallest absolute Gasteiger partial charge is 0.242 e. The number of carbonyl (C=O) groups excluding carboxylic acids is 1. The fraction of sp³-hybridized carbons (Fsp3) is 0.444. The molecule has 1 saturated carbocycles. The zero-order valence-electron chi connectivity index (χ0n) is 14.8. The minimum absolute atomic E-state index is 0. The molecule has 1 aromatic heterocycles. The number of guanidine groups is 1. The summed E-state index contributed by atoms with van der Waals surface area (Å²) < 4.78 is 13.2. The van der Waals surface area contributed by atoms with E-state index in [-0.39, 0.29) is 42.2 Å². The summed E-state index contributed by atoms with van der Waals surface area (Å²) in [7, 11) is 0. The van der Waals surface area contributed by atoms with E-state index in [0.29, 0.717) is 18.5 Å². The molecule has 0 radical (unpaired) electrons. The van der Waals surface area contributed by atoms with Crippen molar-refractivity contribution in [1.29, 1.82) is 0 Å². The number of amides is 1. The van der Waals surface area contributed by atoms with Crippen molar-refractivity contribution in [2.45, 2.75) is 32.2 Å². The third-order valence-corrected chi connectivity index (χ3v) is 4.08. The van der Waals surface area contributed by atoms with E-state index in [1.165, 1.54) is 12.1 Å². The summed E-state index contributed by atoms with van der Waals surface area (Å²) >= 11 is 0. The molecular weight excluding hydrogens is 448 g/mol. The highest BCUT2D eigenvalue weighted by molar-refractivity contribution is 14.0. The highest BCUT2D eigenvalue weighted by Crippen LogP contribution is 2.19. The molecule has 0 bridgehead atoms. The van der Waals surface area contributed by atoms with Gasteiger partial charge in [0.15, 0.2) is 5.96 Å². The van der Waals surface area contributed by atoms with E-state index in [2.05, 4.69) is 25.9 Å². The minimum Gasteiger partial charge on any atom is -0.361 e. The Hall–Kier alpha value is -1.84. The number of nitrogens with one attached hydrogen (secondary N) is 4. The number of aromatic amines is 1. The van der Waals surface area contributed by atoms with Gasteiger partial charge < -0.3 is 20.9 Å². The normalized spacial score (nSPS) is 14.0. The third-order valence-electron chi connectivity index (χ3n) is 4.08. The number of nitrogens with zero attached hydrogens (tertiary/aromatic N) is 1. The lowest BCUT2D eigenvalue weighted by atomic mass is 10.1. The predicted molar refractivity (Wildman–Crippen MR) is 113 cm³/mol. The van der Waals surface area contributed by atoms with Gasteiger partial charge in [0.25, 0.3) is 0 Å². The Morgan fingerprint density at radius 3 is 2.88 bits per heavy atom. The maximum absolute atomic E-state index is 13.2. The van der Waals surface area contributed by atoms with Crippen LogP contribution in [0.4, 0.5) is 4.39 Å². The lowest BCUT2D eigenvalue weighted by Crippen LogP contribution is -2.39. The molecule has 8 heteroatoms. The standard InChI is InChI=1S/C18H24FN5O.HI/c1-2-20-18(23-11-17(25)24-14-4-5-14)21-8-7-12-10-22-16-9-13(19)3-6-15(12)16;/h3,6,9-10,14,22H,2,4-5,7-8,11H2,1H3,(H,24,25)(H2,20,21,23);1H. The first-order valence-electron chi connectivity index (χ1n) is 8.72. The number of hydrogen-bond acceptors (Lipinski definition) is 2. The summed E-state index contributed by atoms with van der Waals surface area (Å²) in [5.41, 5.74) is 1.91. The fourth-order valence-electron chi connectivity index (χ4n) is 2.67. The van der Waals surface area contributed by atoms with Crippen LogP contribution in [0.5, 0.6) is 0 Å². The molecule has 26 heavy (non-hydrogen) atoms. The number of carbonyl (C=O) groups is 1. The first kappa shape index (κ1) is 20.5. The van der Waals surface area contributed by atoms with E-state index in [1.807, 2.05) is 13.1 Å². The van der Waals surface area contributed by atoms with Crippen molar-refractivity contribution < 1.29 is 9.18 Å². The number of benzene rings is 1. The zero-order valence-corrected chi connectivity index (χ0v) is 17.1. The van der Waals surface area contributed by atoms with Crippen LogP contribution in [0.25, 0.3) is 10.9 Å². The predicted octanol–water partition coefficient (Wildman–Crippen LogP) is 2.30. The van der Waals surface area contributed by atoms with Crippen molar-refractivity contribution in [3.05, 3.63) is 35.8 Å². The van der Waals surface area contributed by atoms with Crippen molar-refractivity contribution >= 4 is 46.7 Å². The number of hydrogen-bond donors (Lipinski definition) is 4. The summed E-state index contributed by atoms with van der Waals surface area (Å²) in [5, 5.41) is 10.3. The van der Waals surface area contributed by atoms with Crippen LogP contribution in [0.1, 0.15) is 25.3 Å². The van der Waals surface area contributed by atoms with Crippen LogP contribution in [0.2, 0.25) is 0 Å². The molecule has 142 valence electrons. The van der Waals surface area contributed by atoms with Gasteiger partial charge in [-0.25, -0.2) is 9.38 Å². The van der Waals surface area contributed by atoms with E-state index < -0.39 is 0 Å². The van der Waals surface area contributed by atoms with Gasteiger partial charge in [0.2, 0.25) is 5.91 Å². The minimum atomic E-state index is -0.245. The molecule has 1 aliphatic rings. The van der Waals surface area contributed by atoms with Crippen LogP contribution >= 0.6 is 24.0 Å². The van der Waals surface area contributed by atoms with E-state index in [9.17, 15) is 9.18 Å². The molecule has 1 aliphatic carbocycles. The third kappa shape index (κ3) is 5.86. The Bertz CT molecular complexity index is 772. The second-order valence-electron chi connectivity index (χ2n) is 6.22. The lowest BCUT2D eigenvalue weighted by molar-refractivity contribution is -0.119. The molecule has 1 heterocycles. The number of halogens is 2. The highest BCUT2D eigenvalue weighted by Gasteiger charge is 2.22. The Morgan fingerprint density at radius 2 is 2.15 bits per heavy atom. The molecule has 3 rings (SSSR count). The number of aromatic nitrogens is 1. The Morgan fingerprint density at radius 1 is 1.35 bits per heavy atom. The van der Waals surface area contributed by atoms with Gasteiger partial charge in [-0.2, -0.15) is 0 Å². The second kappa shape index (κ2) is 9.75. The van der Waals surface area contributed by atoms with Crippen LogP contribution < -0.4 is 16.0 Å². The molecular formula is C18H25FIN5O. The van der Waals surface area contributed by atoms with Gasteiger partial charge in [0, 0.05) is 36.2 Å². The monoisotopic (exact) mass is 473 g/mol. The quantitative estimate of drug-likeness (QED) is 0.283. The van der Waals surface area contributed by atoms with Crippen LogP contribution in [0.15, 0.2) is 29.4 Å². The van der Waals surface area contributed by atoms with Crippen LogP contribution in [-0.4, -0.2) is 42.5 Å². The average molecular weight is 473 g/mol. The molecule has 0 aliphatic heterocycles. The molecule has 6 nitrogen and oxygen atoms in total. The summed E-state index contributed by atoms with van der Waals surface area (Å²) in [5.74, 6) is 0.336. The number of rotatable bonds is 7. The van der Waals surface area contributed by atoms with Crippen molar-refractivity contribution in [2.75, 3.05) is 19.6 Å². The summed E-state index contributed by atoms with van der Waals surface area (Å²) in [6.07, 6.45) is 4.81. The maximum Gasteiger partial charge on any atom is 0.242 e. The van der Waals surface area contributed by atoms with E-state index in [0.717, 1.165) is 42.3 Å². The highest BCUT2D eigenvalue weighted by atomic mass is 127. The maximum atomic E-state index is 13.2. The molecule has 0 unspecified atom stereocenters. The van der Waals surface area contributed by atoms with Crippen LogP contribution in [0, 0.1) is 5.82 Å².